The number of halogens is 1. The van der Waals surface area contributed by atoms with Crippen LogP contribution in [0.25, 0.3) is 11.1 Å². The van der Waals surface area contributed by atoms with Gasteiger partial charge in [0.25, 0.3) is 0 Å². The Morgan fingerprint density at radius 3 is 2.28 bits per heavy atom. The van der Waals surface area contributed by atoms with E-state index in [9.17, 15) is 18.3 Å². The first-order valence-corrected chi connectivity index (χ1v) is 10.0. The van der Waals surface area contributed by atoms with Gasteiger partial charge in [0.2, 0.25) is 5.79 Å². The molecule has 0 aliphatic carbocycles. The minimum absolute atomic E-state index is 0.158. The summed E-state index contributed by atoms with van der Waals surface area (Å²) in [4.78, 5) is 12.5. The van der Waals surface area contributed by atoms with Crippen LogP contribution in [0.15, 0.2) is 57.9 Å². The monoisotopic (exact) mass is 422 g/mol. The van der Waals surface area contributed by atoms with Crippen LogP contribution in [0.5, 0.6) is 0 Å². The van der Waals surface area contributed by atoms with Gasteiger partial charge < -0.3 is 9.84 Å². The summed E-state index contributed by atoms with van der Waals surface area (Å²) in [7, 11) is -3.34. The lowest BCUT2D eigenvalue weighted by molar-refractivity contribution is -0.169. The zero-order chi connectivity index (χ0) is 18.4. The van der Waals surface area contributed by atoms with Gasteiger partial charge in [0.15, 0.2) is 9.84 Å². The third-order valence-electron chi connectivity index (χ3n) is 3.89. The van der Waals surface area contributed by atoms with E-state index in [4.69, 9.17) is 4.74 Å². The third-order valence-corrected chi connectivity index (χ3v) is 5.52. The van der Waals surface area contributed by atoms with Crippen molar-refractivity contribution in [2.45, 2.75) is 17.6 Å². The molecule has 1 atom stereocenters. The number of carbonyl (C=O) groups is 1. The topological polar surface area (TPSA) is 80.7 Å². The van der Waals surface area contributed by atoms with Gasteiger partial charge in [-0.1, -0.05) is 40.2 Å². The molecule has 1 N–H and O–H groups in total. The first-order valence-electron chi connectivity index (χ1n) is 7.36. The van der Waals surface area contributed by atoms with Gasteiger partial charge in [0.05, 0.1) is 10.5 Å². The summed E-state index contributed by atoms with van der Waals surface area (Å²) in [5.74, 6) is -2.44. The fourth-order valence-corrected chi connectivity index (χ4v) is 3.83. The van der Waals surface area contributed by atoms with E-state index in [0.29, 0.717) is 16.7 Å². The molecule has 3 rings (SSSR count). The number of benzene rings is 2. The van der Waals surface area contributed by atoms with Crippen molar-refractivity contribution in [1.82, 2.24) is 0 Å². The number of rotatable bonds is 3. The molecule has 0 saturated carbocycles. The molecule has 0 fully saturated rings. The summed E-state index contributed by atoms with van der Waals surface area (Å²) in [5.41, 5.74) is 1.66. The van der Waals surface area contributed by atoms with Gasteiger partial charge in [0, 0.05) is 23.2 Å². The molecular formula is C18H15BrO5S. The molecule has 130 valence electrons. The standard InChI is InChI=1S/C18H15BrO5S/c1-18(21)16(11-6-8-14(9-7-11)25(2,22)23)15(17(20)24-18)12-4-3-5-13(19)10-12/h3-10,21H,1-2H3. The predicted octanol–water partition coefficient (Wildman–Crippen LogP) is 3.03. The Kier molecular flexibility index (Phi) is 4.35. The van der Waals surface area contributed by atoms with Gasteiger partial charge in [-0.2, -0.15) is 0 Å². The third kappa shape index (κ3) is 3.40. The maximum absolute atomic E-state index is 12.4. The highest BCUT2D eigenvalue weighted by Gasteiger charge is 2.43. The van der Waals surface area contributed by atoms with Gasteiger partial charge >= 0.3 is 5.97 Å². The molecule has 0 amide bonds. The number of cyclic esters (lactones) is 1. The quantitative estimate of drug-likeness (QED) is 0.768. The maximum atomic E-state index is 12.4. The van der Waals surface area contributed by atoms with Crippen molar-refractivity contribution in [3.8, 4) is 0 Å². The van der Waals surface area contributed by atoms with Gasteiger partial charge in [-0.15, -0.1) is 0 Å². The van der Waals surface area contributed by atoms with Crippen LogP contribution in [0.3, 0.4) is 0 Å². The van der Waals surface area contributed by atoms with Gasteiger partial charge in [0.1, 0.15) is 0 Å². The van der Waals surface area contributed by atoms with E-state index >= 15 is 0 Å². The fraction of sp³-hybridized carbons (Fsp3) is 0.167. The van der Waals surface area contributed by atoms with Crippen molar-refractivity contribution in [1.29, 1.82) is 0 Å². The smallest absolute Gasteiger partial charge is 0.342 e. The van der Waals surface area contributed by atoms with E-state index in [1.165, 1.54) is 19.1 Å². The molecule has 0 radical (unpaired) electrons. The lowest BCUT2D eigenvalue weighted by Crippen LogP contribution is -2.26. The van der Waals surface area contributed by atoms with Crippen molar-refractivity contribution < 1.29 is 23.1 Å². The Hall–Kier alpha value is -1.96. The second-order valence-electron chi connectivity index (χ2n) is 5.93. The van der Waals surface area contributed by atoms with E-state index < -0.39 is 21.6 Å². The summed E-state index contributed by atoms with van der Waals surface area (Å²) >= 11 is 3.36. The molecule has 2 aromatic rings. The highest BCUT2D eigenvalue weighted by Crippen LogP contribution is 2.42. The van der Waals surface area contributed by atoms with E-state index in [2.05, 4.69) is 15.9 Å². The summed E-state index contributed by atoms with van der Waals surface area (Å²) in [5, 5.41) is 10.6. The average molecular weight is 423 g/mol. The number of ether oxygens (including phenoxy) is 1. The number of aliphatic hydroxyl groups is 1. The van der Waals surface area contributed by atoms with Crippen LogP contribution in [-0.4, -0.2) is 31.5 Å². The molecule has 7 heteroatoms. The van der Waals surface area contributed by atoms with E-state index in [1.807, 2.05) is 6.07 Å². The van der Waals surface area contributed by atoms with E-state index in [-0.39, 0.29) is 10.5 Å². The van der Waals surface area contributed by atoms with Crippen molar-refractivity contribution in [2.75, 3.05) is 6.26 Å². The van der Waals surface area contributed by atoms with Crippen LogP contribution in [0.2, 0.25) is 0 Å². The Morgan fingerprint density at radius 2 is 1.72 bits per heavy atom. The van der Waals surface area contributed by atoms with Crippen molar-refractivity contribution in [3.05, 3.63) is 64.1 Å². The van der Waals surface area contributed by atoms with Crippen molar-refractivity contribution in [2.24, 2.45) is 0 Å². The number of esters is 1. The SMILES string of the molecule is CC1(O)OC(=O)C(c2cccc(Br)c2)=C1c1ccc(S(C)(=O)=O)cc1. The zero-order valence-corrected chi connectivity index (χ0v) is 15.9. The minimum Gasteiger partial charge on any atom is -0.425 e. The largest absolute Gasteiger partial charge is 0.425 e. The molecule has 0 bridgehead atoms. The number of sulfone groups is 1. The highest BCUT2D eigenvalue weighted by molar-refractivity contribution is 9.10. The molecule has 1 heterocycles. The molecule has 1 unspecified atom stereocenters. The van der Waals surface area contributed by atoms with Crippen LogP contribution in [-0.2, 0) is 19.4 Å². The molecule has 0 saturated heterocycles. The summed E-state index contributed by atoms with van der Waals surface area (Å²) in [6.45, 7) is 1.38. The van der Waals surface area contributed by atoms with Crippen LogP contribution < -0.4 is 0 Å². The van der Waals surface area contributed by atoms with Crippen molar-refractivity contribution >= 4 is 42.9 Å². The normalized spacial score (nSPS) is 20.7. The Bertz CT molecular complexity index is 988. The lowest BCUT2D eigenvalue weighted by Gasteiger charge is -2.20. The second-order valence-corrected chi connectivity index (χ2v) is 8.86. The van der Waals surface area contributed by atoms with E-state index in [1.54, 1.807) is 30.3 Å². The Morgan fingerprint density at radius 1 is 1.08 bits per heavy atom. The first-order chi connectivity index (χ1) is 11.6. The molecule has 2 aromatic carbocycles. The fourth-order valence-electron chi connectivity index (χ4n) is 2.80. The average Bonchev–Trinajstić information content (AvgIpc) is 2.75. The maximum Gasteiger partial charge on any atom is 0.342 e. The molecule has 1 aliphatic rings. The highest BCUT2D eigenvalue weighted by atomic mass is 79.9. The van der Waals surface area contributed by atoms with Crippen molar-refractivity contribution in [3.63, 3.8) is 0 Å². The molecule has 25 heavy (non-hydrogen) atoms. The Balaban J connectivity index is 2.22. The summed E-state index contributed by atoms with van der Waals surface area (Å²) < 4.78 is 29.2. The molecular weight excluding hydrogens is 408 g/mol. The first kappa shape index (κ1) is 17.8. The molecule has 0 aromatic heterocycles. The number of hydrogen-bond donors (Lipinski definition) is 1. The molecule has 1 aliphatic heterocycles. The lowest BCUT2D eigenvalue weighted by atomic mass is 9.92. The zero-order valence-electron chi connectivity index (χ0n) is 13.5. The van der Waals surface area contributed by atoms with Crippen LogP contribution in [0, 0.1) is 0 Å². The predicted molar refractivity (Wildman–Crippen MR) is 97.2 cm³/mol. The molecule has 5 nitrogen and oxygen atoms in total. The van der Waals surface area contributed by atoms with Gasteiger partial charge in [-0.25, -0.2) is 13.2 Å². The second kappa shape index (κ2) is 6.09. The number of carbonyl (C=O) groups excluding carboxylic acids is 1. The van der Waals surface area contributed by atoms with E-state index in [0.717, 1.165) is 10.7 Å². The summed E-state index contributed by atoms with van der Waals surface area (Å²) in [6, 6.07) is 13.1. The van der Waals surface area contributed by atoms with Gasteiger partial charge in [-0.3, -0.25) is 0 Å². The van der Waals surface area contributed by atoms with Crippen LogP contribution in [0.1, 0.15) is 18.1 Å². The number of hydrogen-bond acceptors (Lipinski definition) is 5. The minimum atomic E-state index is -3.34. The molecule has 0 spiro atoms. The summed E-state index contributed by atoms with van der Waals surface area (Å²) in [6.07, 6.45) is 1.12. The Labute approximate surface area is 154 Å². The van der Waals surface area contributed by atoms with Gasteiger partial charge in [-0.05, 0) is 35.4 Å². The van der Waals surface area contributed by atoms with Crippen LogP contribution in [0.4, 0.5) is 0 Å². The van der Waals surface area contributed by atoms with Crippen LogP contribution >= 0.6 is 15.9 Å².